The summed E-state index contributed by atoms with van der Waals surface area (Å²) in [6.45, 7) is 2.98. The van der Waals surface area contributed by atoms with Crippen molar-refractivity contribution in [3.63, 3.8) is 0 Å². The molecule has 96 valence electrons. The fourth-order valence-corrected chi connectivity index (χ4v) is 2.83. The van der Waals surface area contributed by atoms with Crippen molar-refractivity contribution in [2.24, 2.45) is 12.0 Å². The third-order valence-electron chi connectivity index (χ3n) is 2.92. The maximum absolute atomic E-state index is 12.1. The standard InChI is InChI=1S/C14H18N2OS/c1-3-4-7-10-15-14-16(2)13(17)11-8-5-6-9-12(11)18-14/h5-6,8-9H,3-4,7,10H2,1-2H3. The summed E-state index contributed by atoms with van der Waals surface area (Å²) in [4.78, 5) is 17.5. The topological polar surface area (TPSA) is 34.4 Å². The number of aromatic nitrogens is 1. The van der Waals surface area contributed by atoms with Crippen molar-refractivity contribution in [1.29, 1.82) is 0 Å². The molecular formula is C14H18N2OS. The van der Waals surface area contributed by atoms with Crippen LogP contribution in [0.15, 0.2) is 34.1 Å². The maximum atomic E-state index is 12.1. The van der Waals surface area contributed by atoms with Gasteiger partial charge < -0.3 is 0 Å². The average Bonchev–Trinajstić information content (AvgIpc) is 2.40. The van der Waals surface area contributed by atoms with Gasteiger partial charge in [-0.15, -0.1) is 0 Å². The van der Waals surface area contributed by atoms with Gasteiger partial charge >= 0.3 is 0 Å². The second-order valence-corrected chi connectivity index (χ2v) is 5.34. The lowest BCUT2D eigenvalue weighted by molar-refractivity contribution is 0.707. The highest BCUT2D eigenvalue weighted by Crippen LogP contribution is 2.10. The SMILES string of the molecule is CCCCCN=c1sc2ccccc2c(=O)n1C. The molecule has 0 aliphatic rings. The highest BCUT2D eigenvalue weighted by atomic mass is 32.1. The van der Waals surface area contributed by atoms with Crippen molar-refractivity contribution in [2.75, 3.05) is 6.54 Å². The van der Waals surface area contributed by atoms with Crippen LogP contribution in [0.1, 0.15) is 26.2 Å². The highest BCUT2D eigenvalue weighted by molar-refractivity contribution is 7.15. The summed E-state index contributed by atoms with van der Waals surface area (Å²) in [5, 5.41) is 0.775. The van der Waals surface area contributed by atoms with Crippen LogP contribution >= 0.6 is 11.3 Å². The Morgan fingerprint density at radius 1 is 1.28 bits per heavy atom. The molecule has 0 aliphatic heterocycles. The summed E-state index contributed by atoms with van der Waals surface area (Å²) in [5.41, 5.74) is 0.0404. The second kappa shape index (κ2) is 5.96. The molecule has 3 nitrogen and oxygen atoms in total. The Labute approximate surface area is 110 Å². The van der Waals surface area contributed by atoms with Crippen molar-refractivity contribution >= 4 is 21.4 Å². The van der Waals surface area contributed by atoms with Crippen LogP contribution in [0.4, 0.5) is 0 Å². The number of benzene rings is 1. The number of hydrogen-bond acceptors (Lipinski definition) is 3. The third-order valence-corrected chi connectivity index (χ3v) is 4.08. The van der Waals surface area contributed by atoms with Gasteiger partial charge in [0.05, 0.1) is 5.39 Å². The number of unbranched alkanes of at least 4 members (excludes halogenated alkanes) is 2. The Bertz CT molecular complexity index is 655. The Morgan fingerprint density at radius 3 is 2.83 bits per heavy atom. The van der Waals surface area contributed by atoms with Crippen molar-refractivity contribution < 1.29 is 0 Å². The Morgan fingerprint density at radius 2 is 2.06 bits per heavy atom. The monoisotopic (exact) mass is 262 g/mol. The first-order valence-corrected chi connectivity index (χ1v) is 7.15. The minimum absolute atomic E-state index is 0.0404. The molecule has 0 radical (unpaired) electrons. The van der Waals surface area contributed by atoms with Gasteiger partial charge in [0, 0.05) is 18.3 Å². The van der Waals surface area contributed by atoms with Gasteiger partial charge in [0.1, 0.15) is 0 Å². The molecule has 4 heteroatoms. The summed E-state index contributed by atoms with van der Waals surface area (Å²) >= 11 is 1.58. The van der Waals surface area contributed by atoms with Gasteiger partial charge in [0.15, 0.2) is 4.80 Å². The molecule has 1 aromatic carbocycles. The van der Waals surface area contributed by atoms with Crippen molar-refractivity contribution in [3.05, 3.63) is 39.4 Å². The second-order valence-electron chi connectivity index (χ2n) is 4.33. The molecule has 18 heavy (non-hydrogen) atoms. The zero-order valence-corrected chi connectivity index (χ0v) is 11.7. The van der Waals surface area contributed by atoms with E-state index in [4.69, 9.17) is 0 Å². The van der Waals surface area contributed by atoms with Crippen LogP contribution in [0.2, 0.25) is 0 Å². The summed E-state index contributed by atoms with van der Waals surface area (Å²) < 4.78 is 2.66. The van der Waals surface area contributed by atoms with E-state index in [-0.39, 0.29) is 5.56 Å². The van der Waals surface area contributed by atoms with E-state index in [0.29, 0.717) is 0 Å². The molecule has 0 fully saturated rings. The van der Waals surface area contributed by atoms with Crippen molar-refractivity contribution in [2.45, 2.75) is 26.2 Å². The van der Waals surface area contributed by atoms with Gasteiger partial charge in [-0.1, -0.05) is 43.2 Å². The van der Waals surface area contributed by atoms with Crippen LogP contribution in [0.3, 0.4) is 0 Å². The minimum Gasteiger partial charge on any atom is -0.287 e. The molecule has 2 aromatic rings. The number of rotatable bonds is 4. The Hall–Kier alpha value is -1.42. The molecule has 0 aliphatic carbocycles. The van der Waals surface area contributed by atoms with Gasteiger partial charge in [-0.25, -0.2) is 0 Å². The van der Waals surface area contributed by atoms with Gasteiger partial charge in [0.2, 0.25) is 0 Å². The molecule has 0 spiro atoms. The summed E-state index contributed by atoms with van der Waals surface area (Å²) in [6.07, 6.45) is 3.47. The Balaban J connectivity index is 2.46. The fourth-order valence-electron chi connectivity index (χ4n) is 1.84. The van der Waals surface area contributed by atoms with E-state index < -0.39 is 0 Å². The first-order chi connectivity index (χ1) is 8.74. The molecule has 0 atom stereocenters. The number of nitrogens with zero attached hydrogens (tertiary/aromatic N) is 2. The van der Waals surface area contributed by atoms with Crippen molar-refractivity contribution in [1.82, 2.24) is 4.57 Å². The molecule has 0 N–H and O–H groups in total. The molecule has 0 saturated carbocycles. The largest absolute Gasteiger partial charge is 0.287 e. The first-order valence-electron chi connectivity index (χ1n) is 6.33. The van der Waals surface area contributed by atoms with Crippen LogP contribution in [-0.2, 0) is 7.05 Å². The molecule has 1 heterocycles. The van der Waals surface area contributed by atoms with Crippen LogP contribution < -0.4 is 10.4 Å². The normalized spacial score (nSPS) is 12.2. The Kier molecular flexibility index (Phi) is 4.31. The van der Waals surface area contributed by atoms with E-state index in [1.807, 2.05) is 24.3 Å². The number of hydrogen-bond donors (Lipinski definition) is 0. The van der Waals surface area contributed by atoms with Gasteiger partial charge in [-0.05, 0) is 18.6 Å². The molecule has 1 aromatic heterocycles. The molecule has 0 bridgehead atoms. The van der Waals surface area contributed by atoms with Crippen LogP contribution in [0.25, 0.3) is 10.1 Å². The minimum atomic E-state index is 0.0404. The van der Waals surface area contributed by atoms with Gasteiger partial charge in [-0.3, -0.25) is 14.4 Å². The lowest BCUT2D eigenvalue weighted by atomic mass is 10.2. The molecular weight excluding hydrogens is 244 g/mol. The summed E-state index contributed by atoms with van der Waals surface area (Å²) in [6, 6.07) is 7.70. The van der Waals surface area contributed by atoms with Crippen LogP contribution in [-0.4, -0.2) is 11.1 Å². The first kappa shape index (κ1) is 13.0. The molecule has 0 unspecified atom stereocenters. The average molecular weight is 262 g/mol. The highest BCUT2D eigenvalue weighted by Gasteiger charge is 2.02. The van der Waals surface area contributed by atoms with Crippen LogP contribution in [0, 0.1) is 0 Å². The van der Waals surface area contributed by atoms with E-state index in [0.717, 1.165) is 27.9 Å². The van der Waals surface area contributed by atoms with Crippen LogP contribution in [0.5, 0.6) is 0 Å². The molecule has 0 saturated heterocycles. The maximum Gasteiger partial charge on any atom is 0.261 e. The van der Waals surface area contributed by atoms with Gasteiger partial charge in [-0.2, -0.15) is 0 Å². The lowest BCUT2D eigenvalue weighted by Gasteiger charge is -2.01. The lowest BCUT2D eigenvalue weighted by Crippen LogP contribution is -2.29. The smallest absolute Gasteiger partial charge is 0.261 e. The summed E-state index contributed by atoms with van der Waals surface area (Å²) in [7, 11) is 1.80. The third kappa shape index (κ3) is 2.70. The molecule has 0 amide bonds. The quantitative estimate of drug-likeness (QED) is 0.780. The van der Waals surface area contributed by atoms with E-state index in [2.05, 4.69) is 11.9 Å². The van der Waals surface area contributed by atoms with E-state index in [1.165, 1.54) is 12.8 Å². The predicted octanol–water partition coefficient (Wildman–Crippen LogP) is 2.69. The summed E-state index contributed by atoms with van der Waals surface area (Å²) in [5.74, 6) is 0. The predicted molar refractivity (Wildman–Crippen MR) is 77.0 cm³/mol. The van der Waals surface area contributed by atoms with Gasteiger partial charge in [0.25, 0.3) is 5.56 Å². The van der Waals surface area contributed by atoms with E-state index in [1.54, 1.807) is 23.0 Å². The van der Waals surface area contributed by atoms with E-state index in [9.17, 15) is 4.79 Å². The molecule has 2 rings (SSSR count). The van der Waals surface area contributed by atoms with E-state index >= 15 is 0 Å². The number of fused-ring (bicyclic) bond motifs is 1. The fraction of sp³-hybridized carbons (Fsp3) is 0.429. The zero-order chi connectivity index (χ0) is 13.0. The van der Waals surface area contributed by atoms with Crippen molar-refractivity contribution in [3.8, 4) is 0 Å². The zero-order valence-electron chi connectivity index (χ0n) is 10.8.